The fourth-order valence-electron chi connectivity index (χ4n) is 2.41. The number of fused-ring (bicyclic) bond motifs is 1. The van der Waals surface area contributed by atoms with Crippen LogP contribution in [0.2, 0.25) is 0 Å². The summed E-state index contributed by atoms with van der Waals surface area (Å²) < 4.78 is 7.54. The number of aromatic nitrogens is 4. The highest BCUT2D eigenvalue weighted by atomic mass is 79.9. The van der Waals surface area contributed by atoms with Crippen molar-refractivity contribution < 1.29 is 4.52 Å². The van der Waals surface area contributed by atoms with Crippen LogP contribution < -0.4 is 5.56 Å². The highest BCUT2D eigenvalue weighted by molar-refractivity contribution is 9.10. The van der Waals surface area contributed by atoms with E-state index in [0.29, 0.717) is 22.6 Å². The Kier molecular flexibility index (Phi) is 3.70. The van der Waals surface area contributed by atoms with E-state index in [9.17, 15) is 4.79 Å². The van der Waals surface area contributed by atoms with Gasteiger partial charge in [0.25, 0.3) is 5.56 Å². The first-order valence-corrected chi connectivity index (χ1v) is 8.03. The Hall–Kier alpha value is -2.80. The predicted molar refractivity (Wildman–Crippen MR) is 92.5 cm³/mol. The third-order valence-electron chi connectivity index (χ3n) is 3.59. The van der Waals surface area contributed by atoms with Gasteiger partial charge in [0.2, 0.25) is 11.7 Å². The molecule has 0 amide bonds. The number of benzene rings is 2. The van der Waals surface area contributed by atoms with E-state index in [-0.39, 0.29) is 12.1 Å². The number of nitrogens with zero attached hydrogens (tertiary/aromatic N) is 4. The third kappa shape index (κ3) is 2.74. The molecule has 0 radical (unpaired) electrons. The zero-order valence-electron chi connectivity index (χ0n) is 12.4. The van der Waals surface area contributed by atoms with E-state index in [1.54, 1.807) is 12.1 Å². The van der Waals surface area contributed by atoms with Gasteiger partial charge in [-0.2, -0.15) is 4.98 Å². The van der Waals surface area contributed by atoms with Crippen molar-refractivity contribution >= 4 is 26.8 Å². The summed E-state index contributed by atoms with van der Waals surface area (Å²) in [6, 6.07) is 14.9. The molecule has 0 saturated carbocycles. The lowest BCUT2D eigenvalue weighted by molar-refractivity contribution is 0.369. The Balaban J connectivity index is 1.69. The molecule has 0 unspecified atom stereocenters. The van der Waals surface area contributed by atoms with Crippen molar-refractivity contribution in [3.63, 3.8) is 0 Å². The molecule has 0 saturated heterocycles. The van der Waals surface area contributed by atoms with Crippen molar-refractivity contribution in [1.82, 2.24) is 19.7 Å². The molecule has 0 atom stereocenters. The van der Waals surface area contributed by atoms with Crippen LogP contribution in [0.4, 0.5) is 0 Å². The summed E-state index contributed by atoms with van der Waals surface area (Å²) in [7, 11) is 0. The summed E-state index contributed by atoms with van der Waals surface area (Å²) in [6.45, 7) is 0.175. The molecule has 0 spiro atoms. The normalized spacial score (nSPS) is 11.0. The molecule has 2 aromatic heterocycles. The van der Waals surface area contributed by atoms with E-state index in [2.05, 4.69) is 31.1 Å². The molecule has 24 heavy (non-hydrogen) atoms. The van der Waals surface area contributed by atoms with Crippen LogP contribution in [0.5, 0.6) is 0 Å². The highest BCUT2D eigenvalue weighted by Gasteiger charge is 2.11. The third-order valence-corrected chi connectivity index (χ3v) is 4.09. The second kappa shape index (κ2) is 6.01. The zero-order chi connectivity index (χ0) is 16.5. The number of rotatable bonds is 3. The van der Waals surface area contributed by atoms with Crippen LogP contribution in [-0.2, 0) is 6.54 Å². The molecule has 118 valence electrons. The van der Waals surface area contributed by atoms with Gasteiger partial charge >= 0.3 is 0 Å². The maximum absolute atomic E-state index is 12.6. The van der Waals surface area contributed by atoms with Gasteiger partial charge in [-0.05, 0) is 18.2 Å². The minimum atomic E-state index is -0.152. The van der Waals surface area contributed by atoms with E-state index < -0.39 is 0 Å². The van der Waals surface area contributed by atoms with Gasteiger partial charge in [-0.1, -0.05) is 51.4 Å². The van der Waals surface area contributed by atoms with Gasteiger partial charge in [0.1, 0.15) is 6.54 Å². The minimum absolute atomic E-state index is 0.152. The number of hydrogen-bond acceptors (Lipinski definition) is 5. The lowest BCUT2D eigenvalue weighted by Crippen LogP contribution is -2.21. The Morgan fingerprint density at radius 1 is 1.12 bits per heavy atom. The summed E-state index contributed by atoms with van der Waals surface area (Å²) in [5.74, 6) is 0.849. The standard InChI is InChI=1S/C17H11BrN4O2/c18-12-6-7-14-13(8-12)17(23)22(10-19-14)9-15-20-16(21-24-15)11-4-2-1-3-5-11/h1-8,10H,9H2. The monoisotopic (exact) mass is 382 g/mol. The Bertz CT molecular complexity index is 1070. The first kappa shape index (κ1) is 14.8. The average Bonchev–Trinajstić information content (AvgIpc) is 3.07. The van der Waals surface area contributed by atoms with Gasteiger partial charge in [-0.3, -0.25) is 9.36 Å². The summed E-state index contributed by atoms with van der Waals surface area (Å²) in [4.78, 5) is 21.2. The van der Waals surface area contributed by atoms with Crippen molar-refractivity contribution in [2.75, 3.05) is 0 Å². The van der Waals surface area contributed by atoms with E-state index in [1.807, 2.05) is 36.4 Å². The van der Waals surface area contributed by atoms with Gasteiger partial charge in [-0.25, -0.2) is 4.98 Å². The molecule has 0 bridgehead atoms. The second-order valence-electron chi connectivity index (χ2n) is 5.22. The maximum Gasteiger partial charge on any atom is 0.261 e. The Morgan fingerprint density at radius 2 is 1.96 bits per heavy atom. The van der Waals surface area contributed by atoms with Gasteiger partial charge in [0, 0.05) is 10.0 Å². The molecule has 0 aliphatic rings. The van der Waals surface area contributed by atoms with Crippen molar-refractivity contribution in [2.24, 2.45) is 0 Å². The minimum Gasteiger partial charge on any atom is -0.337 e. The zero-order valence-corrected chi connectivity index (χ0v) is 14.0. The van der Waals surface area contributed by atoms with Gasteiger partial charge < -0.3 is 4.52 Å². The van der Waals surface area contributed by atoms with E-state index >= 15 is 0 Å². The SMILES string of the molecule is O=c1c2cc(Br)ccc2ncn1Cc1nc(-c2ccccc2)no1. The smallest absolute Gasteiger partial charge is 0.261 e. The molecule has 4 aromatic rings. The van der Waals surface area contributed by atoms with E-state index in [1.165, 1.54) is 10.9 Å². The molecule has 0 aliphatic heterocycles. The predicted octanol–water partition coefficient (Wildman–Crippen LogP) is 3.26. The lowest BCUT2D eigenvalue weighted by Gasteiger charge is -2.03. The van der Waals surface area contributed by atoms with Crippen molar-refractivity contribution in [3.05, 3.63) is 75.6 Å². The molecule has 4 rings (SSSR count). The Morgan fingerprint density at radius 3 is 2.79 bits per heavy atom. The molecule has 0 fully saturated rings. The average molecular weight is 383 g/mol. The van der Waals surface area contributed by atoms with Crippen molar-refractivity contribution in [2.45, 2.75) is 6.54 Å². The second-order valence-corrected chi connectivity index (χ2v) is 6.13. The first-order valence-electron chi connectivity index (χ1n) is 7.23. The summed E-state index contributed by atoms with van der Waals surface area (Å²) >= 11 is 3.37. The molecular formula is C17H11BrN4O2. The van der Waals surface area contributed by atoms with Crippen molar-refractivity contribution in [1.29, 1.82) is 0 Å². The molecule has 7 heteroatoms. The Labute approximate surface area is 144 Å². The van der Waals surface area contributed by atoms with E-state index in [0.717, 1.165) is 10.0 Å². The molecule has 0 aliphatic carbocycles. The summed E-state index contributed by atoms with van der Waals surface area (Å²) in [6.07, 6.45) is 1.49. The highest BCUT2D eigenvalue weighted by Crippen LogP contribution is 2.16. The molecule has 0 N–H and O–H groups in total. The van der Waals surface area contributed by atoms with Crippen LogP contribution in [0, 0.1) is 0 Å². The lowest BCUT2D eigenvalue weighted by atomic mass is 10.2. The fourth-order valence-corrected chi connectivity index (χ4v) is 2.77. The molecule has 2 aromatic carbocycles. The van der Waals surface area contributed by atoms with Crippen LogP contribution in [0.3, 0.4) is 0 Å². The molecule has 2 heterocycles. The van der Waals surface area contributed by atoms with Gasteiger partial charge in [0.15, 0.2) is 0 Å². The summed E-state index contributed by atoms with van der Waals surface area (Å²) in [5, 5.41) is 4.50. The molecular weight excluding hydrogens is 372 g/mol. The number of hydrogen-bond donors (Lipinski definition) is 0. The fraction of sp³-hybridized carbons (Fsp3) is 0.0588. The van der Waals surface area contributed by atoms with Gasteiger partial charge in [-0.15, -0.1) is 0 Å². The quantitative estimate of drug-likeness (QED) is 0.543. The van der Waals surface area contributed by atoms with Crippen molar-refractivity contribution in [3.8, 4) is 11.4 Å². The van der Waals surface area contributed by atoms with Crippen LogP contribution in [0.15, 0.2) is 68.6 Å². The van der Waals surface area contributed by atoms with Crippen LogP contribution in [-0.4, -0.2) is 19.7 Å². The summed E-state index contributed by atoms with van der Waals surface area (Å²) in [5.41, 5.74) is 1.36. The van der Waals surface area contributed by atoms with Crippen LogP contribution in [0.25, 0.3) is 22.3 Å². The topological polar surface area (TPSA) is 73.8 Å². The maximum atomic E-state index is 12.6. The van der Waals surface area contributed by atoms with Crippen LogP contribution in [0.1, 0.15) is 5.89 Å². The largest absolute Gasteiger partial charge is 0.337 e. The van der Waals surface area contributed by atoms with E-state index in [4.69, 9.17) is 4.52 Å². The number of halogens is 1. The first-order chi connectivity index (χ1) is 11.7. The van der Waals surface area contributed by atoms with Crippen LogP contribution >= 0.6 is 15.9 Å². The van der Waals surface area contributed by atoms with Gasteiger partial charge in [0.05, 0.1) is 17.2 Å². The molecule has 6 nitrogen and oxygen atoms in total.